The molecule has 1 aliphatic rings. The lowest BCUT2D eigenvalue weighted by atomic mass is 9.71. The molecular formula is C18H26F2N2O2. The van der Waals surface area contributed by atoms with E-state index >= 15 is 0 Å². The van der Waals surface area contributed by atoms with Crippen molar-refractivity contribution in [1.29, 1.82) is 0 Å². The molecule has 1 atom stereocenters. The number of hydrogen-bond donors (Lipinski definition) is 2. The van der Waals surface area contributed by atoms with Crippen LogP contribution in [0.3, 0.4) is 0 Å². The predicted octanol–water partition coefficient (Wildman–Crippen LogP) is 3.76. The lowest BCUT2D eigenvalue weighted by Crippen LogP contribution is -2.39. The minimum atomic E-state index is -2.89. The van der Waals surface area contributed by atoms with Crippen LogP contribution in [0.25, 0.3) is 0 Å². The van der Waals surface area contributed by atoms with Crippen molar-refractivity contribution in [3.63, 3.8) is 0 Å². The zero-order valence-corrected chi connectivity index (χ0v) is 14.1. The molecule has 1 unspecified atom stereocenters. The number of nitrogens with one attached hydrogen (secondary N) is 1. The molecule has 0 radical (unpaired) electrons. The zero-order valence-electron chi connectivity index (χ0n) is 14.1. The second-order valence-electron chi connectivity index (χ2n) is 6.65. The van der Waals surface area contributed by atoms with E-state index in [4.69, 9.17) is 5.73 Å². The van der Waals surface area contributed by atoms with E-state index in [-0.39, 0.29) is 17.1 Å². The summed E-state index contributed by atoms with van der Waals surface area (Å²) in [5.41, 5.74) is 6.34. The van der Waals surface area contributed by atoms with Gasteiger partial charge < -0.3 is 15.8 Å². The molecule has 2 rings (SSSR count). The minimum absolute atomic E-state index is 0.0894. The van der Waals surface area contributed by atoms with Crippen molar-refractivity contribution in [3.8, 4) is 5.75 Å². The Morgan fingerprint density at radius 2 is 1.96 bits per heavy atom. The average molecular weight is 340 g/mol. The van der Waals surface area contributed by atoms with E-state index in [0.29, 0.717) is 18.5 Å². The van der Waals surface area contributed by atoms with Crippen molar-refractivity contribution in [2.24, 2.45) is 11.1 Å². The van der Waals surface area contributed by atoms with E-state index in [1.165, 1.54) is 12.5 Å². The van der Waals surface area contributed by atoms with Gasteiger partial charge in [-0.25, -0.2) is 0 Å². The summed E-state index contributed by atoms with van der Waals surface area (Å²) >= 11 is 0. The molecule has 1 aliphatic carbocycles. The summed E-state index contributed by atoms with van der Waals surface area (Å²) in [5.74, 6) is -0.00629. The first-order valence-corrected chi connectivity index (χ1v) is 8.49. The number of rotatable bonds is 7. The van der Waals surface area contributed by atoms with Crippen molar-refractivity contribution in [3.05, 3.63) is 29.8 Å². The van der Waals surface area contributed by atoms with Crippen LogP contribution < -0.4 is 15.8 Å². The molecule has 1 fully saturated rings. The Kier molecular flexibility index (Phi) is 6.54. The number of hydrogen-bond acceptors (Lipinski definition) is 3. The largest absolute Gasteiger partial charge is 0.434 e. The number of amides is 1. The van der Waals surface area contributed by atoms with Gasteiger partial charge in [0.25, 0.3) is 0 Å². The van der Waals surface area contributed by atoms with Crippen LogP contribution in [0.4, 0.5) is 8.78 Å². The molecular weight excluding hydrogens is 314 g/mol. The van der Waals surface area contributed by atoms with Gasteiger partial charge in [-0.3, -0.25) is 4.79 Å². The van der Waals surface area contributed by atoms with E-state index in [1.54, 1.807) is 25.1 Å². The van der Waals surface area contributed by atoms with Crippen molar-refractivity contribution in [2.45, 2.75) is 58.1 Å². The number of nitrogens with two attached hydrogens (primary N) is 1. The number of carbonyl (C=O) groups excluding carboxylic acids is 1. The molecule has 4 nitrogen and oxygen atoms in total. The summed E-state index contributed by atoms with van der Waals surface area (Å²) in [6.07, 6.45) is 5.72. The maximum Gasteiger partial charge on any atom is 0.387 e. The number of carbonyl (C=O) groups is 1. The molecule has 0 heterocycles. The fraction of sp³-hybridized carbons (Fsp3) is 0.611. The highest BCUT2D eigenvalue weighted by Crippen LogP contribution is 2.38. The molecule has 0 saturated heterocycles. The van der Waals surface area contributed by atoms with E-state index in [1.807, 2.05) is 0 Å². The Morgan fingerprint density at radius 1 is 1.29 bits per heavy atom. The predicted molar refractivity (Wildman–Crippen MR) is 88.8 cm³/mol. The van der Waals surface area contributed by atoms with Gasteiger partial charge in [0.2, 0.25) is 5.91 Å². The van der Waals surface area contributed by atoms with Crippen LogP contribution in [-0.2, 0) is 4.79 Å². The molecule has 1 amide bonds. The molecule has 134 valence electrons. The van der Waals surface area contributed by atoms with Gasteiger partial charge in [0.15, 0.2) is 0 Å². The smallest absolute Gasteiger partial charge is 0.387 e. The summed E-state index contributed by atoms with van der Waals surface area (Å²) in [6.45, 7) is -0.627. The first-order valence-electron chi connectivity index (χ1n) is 8.49. The third-order valence-electron chi connectivity index (χ3n) is 4.86. The van der Waals surface area contributed by atoms with Crippen LogP contribution in [0.1, 0.15) is 57.1 Å². The fourth-order valence-electron chi connectivity index (χ4n) is 3.51. The van der Waals surface area contributed by atoms with Crippen LogP contribution in [0.2, 0.25) is 0 Å². The van der Waals surface area contributed by atoms with Gasteiger partial charge in [-0.05, 0) is 37.8 Å². The second-order valence-corrected chi connectivity index (χ2v) is 6.65. The number of alkyl halides is 2. The molecule has 6 heteroatoms. The van der Waals surface area contributed by atoms with Crippen molar-refractivity contribution >= 4 is 5.91 Å². The molecule has 0 bridgehead atoms. The second kappa shape index (κ2) is 8.42. The van der Waals surface area contributed by atoms with Crippen LogP contribution in [0, 0.1) is 5.41 Å². The van der Waals surface area contributed by atoms with Crippen LogP contribution in [0.5, 0.6) is 5.75 Å². The summed E-state index contributed by atoms with van der Waals surface area (Å²) in [7, 11) is 0. The molecule has 1 aromatic rings. The Labute approximate surface area is 141 Å². The Hall–Kier alpha value is -1.69. The van der Waals surface area contributed by atoms with Crippen molar-refractivity contribution in [2.75, 3.05) is 6.54 Å². The van der Waals surface area contributed by atoms with E-state index in [0.717, 1.165) is 25.7 Å². The van der Waals surface area contributed by atoms with Gasteiger partial charge in [-0.2, -0.15) is 8.78 Å². The van der Waals surface area contributed by atoms with Gasteiger partial charge in [-0.1, -0.05) is 37.5 Å². The van der Waals surface area contributed by atoms with Gasteiger partial charge in [0, 0.05) is 12.0 Å². The first kappa shape index (κ1) is 18.6. The summed E-state index contributed by atoms with van der Waals surface area (Å²) in [4.78, 5) is 12.4. The molecule has 3 N–H and O–H groups in total. The Balaban J connectivity index is 2.01. The van der Waals surface area contributed by atoms with Crippen LogP contribution in [-0.4, -0.2) is 19.1 Å². The number of benzene rings is 1. The Morgan fingerprint density at radius 3 is 2.58 bits per heavy atom. The molecule has 0 aliphatic heterocycles. The topological polar surface area (TPSA) is 64.4 Å². The van der Waals surface area contributed by atoms with Gasteiger partial charge in [0.05, 0.1) is 6.04 Å². The molecule has 0 aromatic heterocycles. The lowest BCUT2D eigenvalue weighted by molar-refractivity contribution is -0.124. The SMILES string of the molecule is CC(NC(=O)CC1(CN)CCCCC1)c1ccccc1OC(F)F. The highest BCUT2D eigenvalue weighted by molar-refractivity contribution is 5.77. The average Bonchev–Trinajstić information content (AvgIpc) is 2.55. The van der Waals surface area contributed by atoms with Crippen LogP contribution in [0.15, 0.2) is 24.3 Å². The number of ether oxygens (including phenoxy) is 1. The Bertz CT molecular complexity index is 546. The molecule has 24 heavy (non-hydrogen) atoms. The summed E-state index contributed by atoms with van der Waals surface area (Å²) < 4.78 is 29.6. The maximum absolute atomic E-state index is 12.5. The lowest BCUT2D eigenvalue weighted by Gasteiger charge is -2.36. The normalized spacial score (nSPS) is 18.2. The van der Waals surface area contributed by atoms with E-state index in [2.05, 4.69) is 10.1 Å². The third-order valence-corrected chi connectivity index (χ3v) is 4.86. The monoisotopic (exact) mass is 340 g/mol. The maximum atomic E-state index is 12.5. The standard InChI is InChI=1S/C18H26F2N2O2/c1-13(14-7-3-4-8-15(14)24-17(19)20)22-16(23)11-18(12-21)9-5-2-6-10-18/h3-4,7-8,13,17H,2,5-6,9-12,21H2,1H3,(H,22,23). The quantitative estimate of drug-likeness (QED) is 0.794. The molecule has 0 spiro atoms. The molecule has 1 saturated carbocycles. The minimum Gasteiger partial charge on any atom is -0.434 e. The van der Waals surface area contributed by atoms with Gasteiger partial charge in [0.1, 0.15) is 5.75 Å². The summed E-state index contributed by atoms with van der Waals surface area (Å²) in [5, 5.41) is 2.90. The fourth-order valence-corrected chi connectivity index (χ4v) is 3.51. The summed E-state index contributed by atoms with van der Waals surface area (Å²) in [6, 6.07) is 6.11. The van der Waals surface area contributed by atoms with Crippen LogP contribution >= 0.6 is 0 Å². The highest BCUT2D eigenvalue weighted by Gasteiger charge is 2.33. The highest BCUT2D eigenvalue weighted by atomic mass is 19.3. The van der Waals surface area contributed by atoms with Gasteiger partial charge >= 0.3 is 6.61 Å². The third kappa shape index (κ3) is 4.90. The first-order chi connectivity index (χ1) is 11.5. The number of para-hydroxylation sites is 1. The molecule has 1 aromatic carbocycles. The van der Waals surface area contributed by atoms with Crippen molar-refractivity contribution in [1.82, 2.24) is 5.32 Å². The number of halogens is 2. The van der Waals surface area contributed by atoms with Gasteiger partial charge in [-0.15, -0.1) is 0 Å². The van der Waals surface area contributed by atoms with E-state index in [9.17, 15) is 13.6 Å². The zero-order chi connectivity index (χ0) is 17.6. The van der Waals surface area contributed by atoms with E-state index < -0.39 is 12.7 Å². The van der Waals surface area contributed by atoms with Crippen molar-refractivity contribution < 1.29 is 18.3 Å².